The third-order valence-corrected chi connectivity index (χ3v) is 5.68. The predicted molar refractivity (Wildman–Crippen MR) is 87.8 cm³/mol. The van der Waals surface area contributed by atoms with Gasteiger partial charge in [0.1, 0.15) is 4.90 Å². The molecular formula is C15H13Cl2NO4S. The van der Waals surface area contributed by atoms with Gasteiger partial charge in [0.2, 0.25) is 16.8 Å². The minimum absolute atomic E-state index is 0.00168. The molecule has 1 aliphatic heterocycles. The second-order valence-electron chi connectivity index (χ2n) is 5.04. The number of fused-ring (bicyclic) bond motifs is 1. The van der Waals surface area contributed by atoms with Crippen molar-refractivity contribution in [3.63, 3.8) is 0 Å². The molecule has 2 aromatic rings. The van der Waals surface area contributed by atoms with Crippen molar-refractivity contribution in [1.82, 2.24) is 4.72 Å². The minimum atomic E-state index is -3.76. The number of nitrogens with one attached hydrogen (secondary N) is 1. The largest absolute Gasteiger partial charge is 0.454 e. The molecule has 122 valence electrons. The molecule has 2 aromatic carbocycles. The summed E-state index contributed by atoms with van der Waals surface area (Å²) in [7, 11) is -3.76. The highest BCUT2D eigenvalue weighted by Gasteiger charge is 2.20. The fraction of sp³-hybridized carbons (Fsp3) is 0.200. The summed E-state index contributed by atoms with van der Waals surface area (Å²) >= 11 is 11.9. The highest BCUT2D eigenvalue weighted by molar-refractivity contribution is 7.89. The lowest BCUT2D eigenvalue weighted by atomic mass is 10.2. The number of rotatable bonds is 4. The van der Waals surface area contributed by atoms with Crippen molar-refractivity contribution in [2.24, 2.45) is 0 Å². The van der Waals surface area contributed by atoms with Gasteiger partial charge in [0.25, 0.3) is 0 Å². The maximum atomic E-state index is 12.4. The first kappa shape index (κ1) is 16.4. The first-order valence-electron chi connectivity index (χ1n) is 6.70. The Morgan fingerprint density at radius 3 is 2.61 bits per heavy atom. The smallest absolute Gasteiger partial charge is 0.242 e. The summed E-state index contributed by atoms with van der Waals surface area (Å²) in [6, 6.07) is 8.12. The molecule has 23 heavy (non-hydrogen) atoms. The number of aryl methyl sites for hydroxylation is 1. The molecule has 0 bridgehead atoms. The van der Waals surface area contributed by atoms with E-state index in [1.165, 1.54) is 12.1 Å². The summed E-state index contributed by atoms with van der Waals surface area (Å²) in [6.45, 7) is 2.00. The minimum Gasteiger partial charge on any atom is -0.454 e. The number of sulfonamides is 1. The average molecular weight is 374 g/mol. The van der Waals surface area contributed by atoms with E-state index in [2.05, 4.69) is 4.72 Å². The molecule has 0 amide bonds. The molecule has 1 aliphatic rings. The van der Waals surface area contributed by atoms with E-state index in [1.807, 2.05) is 0 Å². The molecular weight excluding hydrogens is 361 g/mol. The highest BCUT2D eigenvalue weighted by Crippen LogP contribution is 2.33. The van der Waals surface area contributed by atoms with Crippen LogP contribution in [0.4, 0.5) is 0 Å². The zero-order valence-electron chi connectivity index (χ0n) is 12.1. The Hall–Kier alpha value is -1.47. The van der Waals surface area contributed by atoms with Crippen LogP contribution in [0.1, 0.15) is 11.1 Å². The zero-order valence-corrected chi connectivity index (χ0v) is 14.4. The van der Waals surface area contributed by atoms with Crippen molar-refractivity contribution in [2.45, 2.75) is 18.4 Å². The van der Waals surface area contributed by atoms with E-state index in [0.717, 1.165) is 5.56 Å². The Morgan fingerprint density at radius 2 is 1.83 bits per heavy atom. The molecule has 1 N–H and O–H groups in total. The fourth-order valence-electron chi connectivity index (χ4n) is 2.14. The third kappa shape index (κ3) is 3.40. The van der Waals surface area contributed by atoms with E-state index >= 15 is 0 Å². The number of hydrogen-bond donors (Lipinski definition) is 1. The van der Waals surface area contributed by atoms with Crippen molar-refractivity contribution in [3.05, 3.63) is 51.5 Å². The molecule has 8 heteroatoms. The van der Waals surface area contributed by atoms with Gasteiger partial charge in [0.05, 0.1) is 5.02 Å². The van der Waals surface area contributed by atoms with Gasteiger partial charge in [0.15, 0.2) is 11.5 Å². The molecule has 0 atom stereocenters. The predicted octanol–water partition coefficient (Wildman–Crippen LogP) is 3.51. The molecule has 1 heterocycles. The van der Waals surface area contributed by atoms with Crippen molar-refractivity contribution < 1.29 is 17.9 Å². The van der Waals surface area contributed by atoms with Crippen LogP contribution in [0.2, 0.25) is 10.0 Å². The van der Waals surface area contributed by atoms with Crippen molar-refractivity contribution >= 4 is 33.2 Å². The maximum absolute atomic E-state index is 12.4. The van der Waals surface area contributed by atoms with Gasteiger partial charge in [-0.1, -0.05) is 29.3 Å². The number of halogens is 2. The molecule has 0 aromatic heterocycles. The van der Waals surface area contributed by atoms with Gasteiger partial charge in [-0.05, 0) is 42.3 Å². The SMILES string of the molecule is Cc1cc(S(=O)(=O)NCc2ccc3c(c2)OCO3)c(Cl)cc1Cl. The van der Waals surface area contributed by atoms with Crippen molar-refractivity contribution in [1.29, 1.82) is 0 Å². The van der Waals surface area contributed by atoms with Gasteiger partial charge in [-0.2, -0.15) is 0 Å². The Balaban J connectivity index is 1.81. The topological polar surface area (TPSA) is 64.6 Å². The first-order chi connectivity index (χ1) is 10.9. The van der Waals surface area contributed by atoms with Crippen LogP contribution in [0, 0.1) is 6.92 Å². The Bertz CT molecular complexity index is 868. The first-order valence-corrected chi connectivity index (χ1v) is 8.94. The lowest BCUT2D eigenvalue weighted by Crippen LogP contribution is -2.23. The maximum Gasteiger partial charge on any atom is 0.242 e. The van der Waals surface area contributed by atoms with E-state index in [4.69, 9.17) is 32.7 Å². The van der Waals surface area contributed by atoms with Gasteiger partial charge in [-0.25, -0.2) is 13.1 Å². The normalized spacial score (nSPS) is 13.3. The Kier molecular flexibility index (Phi) is 4.42. The molecule has 0 spiro atoms. The van der Waals surface area contributed by atoms with E-state index in [9.17, 15) is 8.42 Å². The molecule has 0 saturated heterocycles. The second-order valence-corrected chi connectivity index (χ2v) is 7.59. The lowest BCUT2D eigenvalue weighted by Gasteiger charge is -2.10. The van der Waals surface area contributed by atoms with Crippen molar-refractivity contribution in [3.8, 4) is 11.5 Å². The van der Waals surface area contributed by atoms with Crippen molar-refractivity contribution in [2.75, 3.05) is 6.79 Å². The van der Waals surface area contributed by atoms with Gasteiger partial charge < -0.3 is 9.47 Å². The van der Waals surface area contributed by atoms with Crippen LogP contribution in [-0.4, -0.2) is 15.2 Å². The molecule has 0 fully saturated rings. The van der Waals surface area contributed by atoms with Crippen LogP contribution in [0.25, 0.3) is 0 Å². The van der Waals surface area contributed by atoms with Crippen LogP contribution in [-0.2, 0) is 16.6 Å². The van der Waals surface area contributed by atoms with Crippen LogP contribution in [0.3, 0.4) is 0 Å². The average Bonchev–Trinajstić information content (AvgIpc) is 2.96. The highest BCUT2D eigenvalue weighted by atomic mass is 35.5. The molecule has 0 saturated carbocycles. The molecule has 0 unspecified atom stereocenters. The van der Waals surface area contributed by atoms with Gasteiger partial charge in [0, 0.05) is 11.6 Å². The van der Waals surface area contributed by atoms with E-state index in [0.29, 0.717) is 22.1 Å². The van der Waals surface area contributed by atoms with Gasteiger partial charge in [-0.15, -0.1) is 0 Å². The number of hydrogen-bond acceptors (Lipinski definition) is 4. The molecule has 0 aliphatic carbocycles. The Labute approximate surface area is 144 Å². The van der Waals surface area contributed by atoms with E-state index in [-0.39, 0.29) is 23.3 Å². The van der Waals surface area contributed by atoms with Crippen LogP contribution in [0.5, 0.6) is 11.5 Å². The van der Waals surface area contributed by atoms with E-state index in [1.54, 1.807) is 25.1 Å². The third-order valence-electron chi connectivity index (χ3n) is 3.41. The zero-order chi connectivity index (χ0) is 16.6. The lowest BCUT2D eigenvalue weighted by molar-refractivity contribution is 0.174. The Morgan fingerprint density at radius 1 is 1.09 bits per heavy atom. The summed E-state index contributed by atoms with van der Waals surface area (Å²) in [4.78, 5) is 0.00168. The summed E-state index contributed by atoms with van der Waals surface area (Å²) in [5.41, 5.74) is 1.39. The van der Waals surface area contributed by atoms with Gasteiger partial charge in [-0.3, -0.25) is 0 Å². The standard InChI is InChI=1S/C15H13Cl2NO4S/c1-9-4-15(12(17)6-11(9)16)23(19,20)18-7-10-2-3-13-14(5-10)22-8-21-13/h2-6,18H,7-8H2,1H3. The number of benzene rings is 2. The van der Waals surface area contributed by atoms with Crippen LogP contribution < -0.4 is 14.2 Å². The summed E-state index contributed by atoms with van der Waals surface area (Å²) in [5.74, 6) is 1.25. The molecule has 5 nitrogen and oxygen atoms in total. The number of ether oxygens (including phenoxy) is 2. The van der Waals surface area contributed by atoms with Crippen LogP contribution in [0.15, 0.2) is 35.2 Å². The van der Waals surface area contributed by atoms with Gasteiger partial charge >= 0.3 is 0 Å². The summed E-state index contributed by atoms with van der Waals surface area (Å²) < 4.78 is 37.9. The quantitative estimate of drug-likeness (QED) is 0.890. The molecule has 0 radical (unpaired) electrons. The molecule has 3 rings (SSSR count). The summed E-state index contributed by atoms with van der Waals surface area (Å²) in [5, 5.41) is 0.503. The van der Waals surface area contributed by atoms with E-state index < -0.39 is 10.0 Å². The fourth-order valence-corrected chi connectivity index (χ4v) is 3.99. The monoisotopic (exact) mass is 373 g/mol. The van der Waals surface area contributed by atoms with Crippen LogP contribution >= 0.6 is 23.2 Å². The summed E-state index contributed by atoms with van der Waals surface area (Å²) in [6.07, 6.45) is 0. The second kappa shape index (κ2) is 6.20.